The van der Waals surface area contributed by atoms with Crippen LogP contribution in [0.4, 0.5) is 4.39 Å². The Kier molecular flexibility index (Phi) is 5.82. The first-order valence-electron chi connectivity index (χ1n) is 6.37. The molecule has 3 nitrogen and oxygen atoms in total. The van der Waals surface area contributed by atoms with Crippen molar-refractivity contribution in [3.05, 3.63) is 63.9 Å². The van der Waals surface area contributed by atoms with Crippen molar-refractivity contribution in [1.29, 1.82) is 0 Å². The fourth-order valence-electron chi connectivity index (χ4n) is 1.87. The van der Waals surface area contributed by atoms with Crippen LogP contribution >= 0.6 is 23.2 Å². The van der Waals surface area contributed by atoms with Crippen molar-refractivity contribution in [3.63, 3.8) is 0 Å². The molecule has 2 aromatic rings. The van der Waals surface area contributed by atoms with Gasteiger partial charge in [-0.25, -0.2) is 4.39 Å². The number of hydrogen-bond donors (Lipinski definition) is 2. The lowest BCUT2D eigenvalue weighted by molar-refractivity contribution is 0.264. The van der Waals surface area contributed by atoms with Crippen molar-refractivity contribution in [1.82, 2.24) is 5.43 Å². The summed E-state index contributed by atoms with van der Waals surface area (Å²) in [6.45, 7) is 0.324. The molecular formula is C15H15Cl2FN2O. The Hall–Kier alpha value is -1.33. The lowest BCUT2D eigenvalue weighted by Gasteiger charge is -2.17. The van der Waals surface area contributed by atoms with Gasteiger partial charge >= 0.3 is 0 Å². The van der Waals surface area contributed by atoms with Crippen LogP contribution in [0.3, 0.4) is 0 Å². The third-order valence-corrected chi connectivity index (χ3v) is 3.67. The van der Waals surface area contributed by atoms with Gasteiger partial charge in [-0.05, 0) is 42.3 Å². The van der Waals surface area contributed by atoms with E-state index in [4.69, 9.17) is 33.8 Å². The number of nitrogens with one attached hydrogen (secondary N) is 1. The number of nitrogens with two attached hydrogens (primary N) is 1. The molecule has 0 fully saturated rings. The van der Waals surface area contributed by atoms with Crippen LogP contribution in [-0.4, -0.2) is 12.6 Å². The topological polar surface area (TPSA) is 47.3 Å². The largest absolute Gasteiger partial charge is 0.492 e. The highest BCUT2D eigenvalue weighted by molar-refractivity contribution is 6.31. The normalized spacial score (nSPS) is 12.2. The molecule has 0 spiro atoms. The first-order chi connectivity index (χ1) is 10.1. The third kappa shape index (κ3) is 4.58. The van der Waals surface area contributed by atoms with E-state index in [-0.39, 0.29) is 11.1 Å². The minimum Gasteiger partial charge on any atom is -0.492 e. The fraction of sp³-hybridized carbons (Fsp3) is 0.200. The van der Waals surface area contributed by atoms with Crippen LogP contribution in [-0.2, 0) is 6.42 Å². The van der Waals surface area contributed by atoms with Crippen molar-refractivity contribution in [2.75, 3.05) is 6.61 Å². The molecule has 0 aromatic heterocycles. The molecule has 0 aliphatic heterocycles. The summed E-state index contributed by atoms with van der Waals surface area (Å²) in [6, 6.07) is 11.5. The smallest absolute Gasteiger partial charge is 0.142 e. The highest BCUT2D eigenvalue weighted by atomic mass is 35.5. The van der Waals surface area contributed by atoms with Gasteiger partial charge in [0.25, 0.3) is 0 Å². The van der Waals surface area contributed by atoms with Crippen molar-refractivity contribution in [2.24, 2.45) is 5.84 Å². The SMILES string of the molecule is NNC(COc1ccc(Cl)cc1)Cc1cccc(F)c1Cl. The van der Waals surface area contributed by atoms with Crippen LogP contribution < -0.4 is 16.0 Å². The lowest BCUT2D eigenvalue weighted by Crippen LogP contribution is -2.41. The molecular weight excluding hydrogens is 314 g/mol. The second-order valence-electron chi connectivity index (χ2n) is 4.55. The van der Waals surface area contributed by atoms with E-state index >= 15 is 0 Å². The van der Waals surface area contributed by atoms with Crippen LogP contribution in [0.5, 0.6) is 5.75 Å². The highest BCUT2D eigenvalue weighted by Crippen LogP contribution is 2.21. The molecule has 0 radical (unpaired) electrons. The van der Waals surface area contributed by atoms with Crippen molar-refractivity contribution in [2.45, 2.75) is 12.5 Å². The van der Waals surface area contributed by atoms with E-state index in [2.05, 4.69) is 5.43 Å². The molecule has 0 aliphatic carbocycles. The van der Waals surface area contributed by atoms with Gasteiger partial charge in [0.2, 0.25) is 0 Å². The zero-order valence-electron chi connectivity index (χ0n) is 11.2. The molecule has 1 atom stereocenters. The van der Waals surface area contributed by atoms with Gasteiger partial charge in [0.1, 0.15) is 18.2 Å². The second-order valence-corrected chi connectivity index (χ2v) is 5.36. The molecule has 0 heterocycles. The number of rotatable bonds is 6. The Morgan fingerprint density at radius 1 is 1.14 bits per heavy atom. The van der Waals surface area contributed by atoms with Crippen molar-refractivity contribution < 1.29 is 9.13 Å². The molecule has 6 heteroatoms. The molecule has 1 unspecified atom stereocenters. The minimum atomic E-state index is -0.441. The predicted octanol–water partition coefficient (Wildman–Crippen LogP) is 3.59. The van der Waals surface area contributed by atoms with E-state index in [1.807, 2.05) is 0 Å². The van der Waals surface area contributed by atoms with Crippen LogP contribution in [0.25, 0.3) is 0 Å². The second kappa shape index (κ2) is 7.61. The summed E-state index contributed by atoms with van der Waals surface area (Å²) in [5.74, 6) is 5.75. The Labute approximate surface area is 132 Å². The number of ether oxygens (including phenoxy) is 1. The summed E-state index contributed by atoms with van der Waals surface area (Å²) in [7, 11) is 0. The van der Waals surface area contributed by atoms with E-state index in [0.29, 0.717) is 29.4 Å². The minimum absolute atomic E-state index is 0.115. The Morgan fingerprint density at radius 3 is 2.52 bits per heavy atom. The van der Waals surface area contributed by atoms with E-state index in [1.54, 1.807) is 36.4 Å². The quantitative estimate of drug-likeness (QED) is 0.629. The van der Waals surface area contributed by atoms with Gasteiger partial charge in [-0.3, -0.25) is 11.3 Å². The molecule has 0 bridgehead atoms. The van der Waals surface area contributed by atoms with Gasteiger partial charge < -0.3 is 4.74 Å². The summed E-state index contributed by atoms with van der Waals surface area (Å²) < 4.78 is 19.0. The van der Waals surface area contributed by atoms with Gasteiger partial charge in [0.15, 0.2) is 0 Å². The van der Waals surface area contributed by atoms with Gasteiger partial charge in [-0.15, -0.1) is 0 Å². The number of hydrazine groups is 1. The zero-order valence-corrected chi connectivity index (χ0v) is 12.7. The van der Waals surface area contributed by atoms with Crippen LogP contribution in [0.2, 0.25) is 10.0 Å². The van der Waals surface area contributed by atoms with Gasteiger partial charge in [0, 0.05) is 5.02 Å². The Balaban J connectivity index is 1.97. The fourth-order valence-corrected chi connectivity index (χ4v) is 2.19. The molecule has 112 valence electrons. The third-order valence-electron chi connectivity index (χ3n) is 3.00. The van der Waals surface area contributed by atoms with E-state index < -0.39 is 5.82 Å². The average molecular weight is 329 g/mol. The molecule has 3 N–H and O–H groups in total. The predicted molar refractivity (Wildman–Crippen MR) is 83.2 cm³/mol. The maximum atomic E-state index is 13.4. The number of halogens is 3. The highest BCUT2D eigenvalue weighted by Gasteiger charge is 2.13. The van der Waals surface area contributed by atoms with Crippen LogP contribution in [0.1, 0.15) is 5.56 Å². The summed E-state index contributed by atoms with van der Waals surface area (Å²) in [4.78, 5) is 0. The standard InChI is InChI=1S/C15H15Cl2FN2O/c16-11-4-6-13(7-5-11)21-9-12(20-19)8-10-2-1-3-14(18)15(10)17/h1-7,12,20H,8-9,19H2. The molecule has 0 saturated heterocycles. The summed E-state index contributed by atoms with van der Waals surface area (Å²) in [6.07, 6.45) is 0.459. The Morgan fingerprint density at radius 2 is 1.86 bits per heavy atom. The molecule has 0 amide bonds. The van der Waals surface area contributed by atoms with Gasteiger partial charge in [-0.1, -0.05) is 35.3 Å². The maximum Gasteiger partial charge on any atom is 0.142 e. The monoisotopic (exact) mass is 328 g/mol. The van der Waals surface area contributed by atoms with Gasteiger partial charge in [0.05, 0.1) is 11.1 Å². The van der Waals surface area contributed by atoms with E-state index in [9.17, 15) is 4.39 Å². The zero-order chi connectivity index (χ0) is 15.2. The van der Waals surface area contributed by atoms with Crippen molar-refractivity contribution in [3.8, 4) is 5.75 Å². The van der Waals surface area contributed by atoms with Crippen LogP contribution in [0.15, 0.2) is 42.5 Å². The summed E-state index contributed by atoms with van der Waals surface area (Å²) in [5.41, 5.74) is 3.33. The van der Waals surface area contributed by atoms with Gasteiger partial charge in [-0.2, -0.15) is 0 Å². The first-order valence-corrected chi connectivity index (χ1v) is 7.13. The number of hydrogen-bond acceptors (Lipinski definition) is 3. The summed E-state index contributed by atoms with van der Waals surface area (Å²) >= 11 is 11.7. The molecule has 0 saturated carbocycles. The summed E-state index contributed by atoms with van der Waals surface area (Å²) in [5, 5.41) is 0.756. The van der Waals surface area contributed by atoms with Crippen LogP contribution in [0, 0.1) is 5.82 Å². The first kappa shape index (κ1) is 16.0. The molecule has 0 aliphatic rings. The molecule has 21 heavy (non-hydrogen) atoms. The molecule has 2 rings (SSSR count). The van der Waals surface area contributed by atoms with E-state index in [0.717, 1.165) is 0 Å². The maximum absolute atomic E-state index is 13.4. The average Bonchev–Trinajstić information content (AvgIpc) is 2.49. The van der Waals surface area contributed by atoms with E-state index in [1.165, 1.54) is 6.07 Å². The lowest BCUT2D eigenvalue weighted by atomic mass is 10.1. The molecule has 2 aromatic carbocycles. The Bertz CT molecular complexity index is 593. The van der Waals surface area contributed by atoms with Crippen molar-refractivity contribution >= 4 is 23.2 Å². The number of benzene rings is 2.